The number of ether oxygens (including phenoxy) is 4. The van der Waals surface area contributed by atoms with Crippen molar-refractivity contribution in [1.82, 2.24) is 0 Å². The Morgan fingerprint density at radius 3 is 1.03 bits per heavy atom. The van der Waals surface area contributed by atoms with Crippen LogP contribution in [-0.4, -0.2) is 96.7 Å². The lowest BCUT2D eigenvalue weighted by Crippen LogP contribution is -2.30. The molecular formula is C68H128O17P2. The predicted molar refractivity (Wildman–Crippen MR) is 349 cm³/mol. The van der Waals surface area contributed by atoms with Gasteiger partial charge in [-0.25, -0.2) is 9.13 Å². The third-order valence-electron chi connectivity index (χ3n) is 15.4. The van der Waals surface area contributed by atoms with E-state index < -0.39 is 97.5 Å². The highest BCUT2D eigenvalue weighted by Gasteiger charge is 2.30. The number of phosphoric ester groups is 2. The molecule has 0 rings (SSSR count). The third-order valence-corrected chi connectivity index (χ3v) is 17.3. The highest BCUT2D eigenvalue weighted by atomic mass is 31.2. The molecule has 0 aromatic heterocycles. The quantitative estimate of drug-likeness (QED) is 0.0169. The van der Waals surface area contributed by atoms with Crippen LogP contribution in [0, 0.1) is 11.8 Å². The van der Waals surface area contributed by atoms with E-state index in [9.17, 15) is 43.2 Å². The summed E-state index contributed by atoms with van der Waals surface area (Å²) in [4.78, 5) is 72.3. The molecule has 0 aromatic carbocycles. The van der Waals surface area contributed by atoms with Crippen molar-refractivity contribution < 1.29 is 80.2 Å². The van der Waals surface area contributed by atoms with Gasteiger partial charge in [0.25, 0.3) is 0 Å². The van der Waals surface area contributed by atoms with Gasteiger partial charge in [-0.15, -0.1) is 0 Å². The van der Waals surface area contributed by atoms with Crippen LogP contribution in [0.2, 0.25) is 0 Å². The first-order valence-electron chi connectivity index (χ1n) is 34.8. The monoisotopic (exact) mass is 1280 g/mol. The number of allylic oxidation sites excluding steroid dienone is 4. The van der Waals surface area contributed by atoms with E-state index in [4.69, 9.17) is 37.0 Å². The maximum atomic E-state index is 13.0. The maximum absolute atomic E-state index is 13.0. The summed E-state index contributed by atoms with van der Waals surface area (Å²) in [6.07, 6.45) is 46.8. The fraction of sp³-hybridized carbons (Fsp3) is 0.882. The highest BCUT2D eigenvalue weighted by Crippen LogP contribution is 2.45. The van der Waals surface area contributed by atoms with Crippen LogP contribution in [-0.2, 0) is 65.4 Å². The molecule has 6 atom stereocenters. The lowest BCUT2D eigenvalue weighted by molar-refractivity contribution is -0.161. The average molecular weight is 1280 g/mol. The molecule has 0 radical (unpaired) electrons. The Labute approximate surface area is 529 Å². The van der Waals surface area contributed by atoms with Crippen LogP contribution in [0.3, 0.4) is 0 Å². The molecule has 0 bridgehead atoms. The summed E-state index contributed by atoms with van der Waals surface area (Å²) in [7, 11) is -9.91. The number of unbranched alkanes of at least 4 members (excludes halogenated alkanes) is 31. The second kappa shape index (κ2) is 59.8. The van der Waals surface area contributed by atoms with Crippen molar-refractivity contribution in [3.05, 3.63) is 24.3 Å². The number of aliphatic hydroxyl groups excluding tert-OH is 1. The molecule has 0 fully saturated rings. The van der Waals surface area contributed by atoms with E-state index in [1.54, 1.807) is 0 Å². The van der Waals surface area contributed by atoms with Crippen LogP contribution in [0.15, 0.2) is 24.3 Å². The first kappa shape index (κ1) is 84.5. The van der Waals surface area contributed by atoms with Gasteiger partial charge in [0, 0.05) is 25.7 Å². The molecule has 0 aromatic rings. The lowest BCUT2D eigenvalue weighted by Gasteiger charge is -2.21. The molecule has 0 saturated carbocycles. The van der Waals surface area contributed by atoms with Crippen LogP contribution in [0.5, 0.6) is 0 Å². The molecule has 19 heteroatoms. The van der Waals surface area contributed by atoms with Gasteiger partial charge in [-0.1, -0.05) is 265 Å². The fourth-order valence-corrected chi connectivity index (χ4v) is 11.2. The number of hydrogen-bond acceptors (Lipinski definition) is 15. The summed E-state index contributed by atoms with van der Waals surface area (Å²) in [6, 6.07) is 0. The standard InChI is InChI=1S/C68H128O17P2/c1-7-10-12-14-16-18-20-22-23-25-27-29-31-40-46-52-67(72)84-63(56-78-65(70)50-44-38-30-28-26-24-21-19-17-15-13-11-8-2)58-82-86(74,75)80-54-62(69)55-81-87(76,77)83-59-64(57-79-66(71)51-45-39-34-32-36-42-48-60(4)5)85-68(73)53-47-41-35-33-37-43-49-61(6)9-3/h18,20,22-23,60-64,69H,7-17,19,21,24-59H2,1-6H3,(H,74,75)(H,76,77)/b20-18-,23-22-/t61?,62-,63-,64-/m1/s1. The molecule has 0 saturated heterocycles. The Balaban J connectivity index is 5.28. The fourth-order valence-electron chi connectivity index (χ4n) is 9.67. The number of esters is 4. The Morgan fingerprint density at radius 1 is 0.379 bits per heavy atom. The number of rotatable bonds is 65. The first-order chi connectivity index (χ1) is 41.9. The molecule has 3 N–H and O–H groups in total. The zero-order chi connectivity index (χ0) is 64.3. The largest absolute Gasteiger partial charge is 0.472 e. The zero-order valence-electron chi connectivity index (χ0n) is 55.8. The van der Waals surface area contributed by atoms with E-state index in [0.717, 1.165) is 115 Å². The van der Waals surface area contributed by atoms with Crippen molar-refractivity contribution in [2.45, 2.75) is 336 Å². The minimum absolute atomic E-state index is 0.0848. The Bertz CT molecular complexity index is 1800. The summed E-state index contributed by atoms with van der Waals surface area (Å²) < 4.78 is 68.1. The molecule has 17 nitrogen and oxygen atoms in total. The van der Waals surface area contributed by atoms with Gasteiger partial charge in [0.05, 0.1) is 26.4 Å². The molecule has 0 aliphatic heterocycles. The number of carbonyl (C=O) groups excluding carboxylic acids is 4. The molecule has 3 unspecified atom stereocenters. The highest BCUT2D eigenvalue weighted by molar-refractivity contribution is 7.47. The lowest BCUT2D eigenvalue weighted by atomic mass is 10.00. The van der Waals surface area contributed by atoms with Gasteiger partial charge < -0.3 is 33.8 Å². The normalized spacial score (nSPS) is 14.7. The van der Waals surface area contributed by atoms with E-state index in [1.807, 2.05) is 0 Å². The predicted octanol–water partition coefficient (Wildman–Crippen LogP) is 18.8. The van der Waals surface area contributed by atoms with Crippen LogP contribution in [0.25, 0.3) is 0 Å². The van der Waals surface area contributed by atoms with Crippen molar-refractivity contribution in [3.63, 3.8) is 0 Å². The van der Waals surface area contributed by atoms with Crippen LogP contribution >= 0.6 is 15.6 Å². The molecule has 87 heavy (non-hydrogen) atoms. The van der Waals surface area contributed by atoms with E-state index in [2.05, 4.69) is 65.8 Å². The van der Waals surface area contributed by atoms with Gasteiger partial charge in [-0.2, -0.15) is 0 Å². The Morgan fingerprint density at radius 2 is 0.678 bits per heavy atom. The van der Waals surface area contributed by atoms with E-state index in [-0.39, 0.29) is 25.7 Å². The number of carbonyl (C=O) groups is 4. The SMILES string of the molecule is CCCCCC/C=C\C=C/CCCCCCCC(=O)O[C@H](COC(=O)CCCCCCCCCCCCCCC)COP(=O)(O)OC[C@@H](O)COP(=O)(O)OC[C@@H](COC(=O)CCCCCCCCC(C)C)OC(=O)CCCCCCCCC(C)CC. The van der Waals surface area contributed by atoms with Crippen LogP contribution in [0.1, 0.15) is 318 Å². The molecule has 512 valence electrons. The van der Waals surface area contributed by atoms with E-state index in [1.165, 1.54) is 116 Å². The van der Waals surface area contributed by atoms with Crippen molar-refractivity contribution in [1.29, 1.82) is 0 Å². The van der Waals surface area contributed by atoms with Crippen molar-refractivity contribution in [2.75, 3.05) is 39.6 Å². The minimum atomic E-state index is -4.96. The molecule has 0 spiro atoms. The first-order valence-corrected chi connectivity index (χ1v) is 37.8. The Kier molecular flexibility index (Phi) is 58.1. The second-order valence-corrected chi connectivity index (χ2v) is 27.5. The van der Waals surface area contributed by atoms with Crippen LogP contribution in [0.4, 0.5) is 0 Å². The number of hydrogen-bond donors (Lipinski definition) is 3. The van der Waals surface area contributed by atoms with Gasteiger partial charge in [0.15, 0.2) is 12.2 Å². The number of aliphatic hydroxyl groups is 1. The smallest absolute Gasteiger partial charge is 0.462 e. The van der Waals surface area contributed by atoms with Gasteiger partial charge in [0.2, 0.25) is 0 Å². The molecular weight excluding hydrogens is 1150 g/mol. The average Bonchev–Trinajstić information content (AvgIpc) is 3.69. The van der Waals surface area contributed by atoms with Crippen LogP contribution < -0.4 is 0 Å². The summed E-state index contributed by atoms with van der Waals surface area (Å²) in [6.45, 7) is 9.32. The van der Waals surface area contributed by atoms with Gasteiger partial charge in [0.1, 0.15) is 19.3 Å². The molecule has 0 amide bonds. The zero-order valence-corrected chi connectivity index (χ0v) is 57.6. The van der Waals surface area contributed by atoms with Gasteiger partial charge >= 0.3 is 39.5 Å². The third kappa shape index (κ3) is 60.9. The molecule has 0 aliphatic rings. The second-order valence-electron chi connectivity index (χ2n) is 24.6. The van der Waals surface area contributed by atoms with E-state index >= 15 is 0 Å². The number of phosphoric acid groups is 2. The topological polar surface area (TPSA) is 237 Å². The van der Waals surface area contributed by atoms with Crippen molar-refractivity contribution in [2.24, 2.45) is 11.8 Å². The Hall–Kier alpha value is -2.46. The molecule has 0 aliphatic carbocycles. The summed E-state index contributed by atoms with van der Waals surface area (Å²) in [5, 5.41) is 10.6. The molecule has 0 heterocycles. The summed E-state index contributed by atoms with van der Waals surface area (Å²) >= 11 is 0. The van der Waals surface area contributed by atoms with Crippen molar-refractivity contribution in [3.8, 4) is 0 Å². The van der Waals surface area contributed by atoms with Gasteiger partial charge in [-0.05, 0) is 63.2 Å². The maximum Gasteiger partial charge on any atom is 0.472 e. The van der Waals surface area contributed by atoms with Gasteiger partial charge in [-0.3, -0.25) is 37.3 Å². The van der Waals surface area contributed by atoms with Crippen molar-refractivity contribution >= 4 is 39.5 Å². The summed E-state index contributed by atoms with van der Waals surface area (Å²) in [5.41, 5.74) is 0. The summed E-state index contributed by atoms with van der Waals surface area (Å²) in [5.74, 6) is -0.766. The minimum Gasteiger partial charge on any atom is -0.462 e. The van der Waals surface area contributed by atoms with E-state index in [0.29, 0.717) is 31.6 Å².